The minimum Gasteiger partial charge on any atom is -0.477 e. The van der Waals surface area contributed by atoms with Crippen molar-refractivity contribution in [3.05, 3.63) is 67.5 Å². The Kier molecular flexibility index (Phi) is 5.45. The molecule has 130 valence electrons. The van der Waals surface area contributed by atoms with Crippen molar-refractivity contribution >= 4 is 34.6 Å². The first kappa shape index (κ1) is 18.1. The molecule has 0 atom stereocenters. The number of hydrogen-bond acceptors (Lipinski definition) is 6. The van der Waals surface area contributed by atoms with E-state index in [0.717, 1.165) is 24.3 Å². The Balaban J connectivity index is 2.08. The number of hydrogen-bond donors (Lipinski definition) is 1. The number of nitro groups is 2. The van der Waals surface area contributed by atoms with Gasteiger partial charge in [-0.25, -0.2) is 4.39 Å². The van der Waals surface area contributed by atoms with Crippen molar-refractivity contribution in [2.24, 2.45) is 0 Å². The molecule has 2 aromatic carbocycles. The summed E-state index contributed by atoms with van der Waals surface area (Å²) >= 11 is 5.65. The lowest BCUT2D eigenvalue weighted by molar-refractivity contribution is -0.385. The van der Waals surface area contributed by atoms with Gasteiger partial charge in [-0.2, -0.15) is 0 Å². The largest absolute Gasteiger partial charge is 0.477 e. The SMILES string of the molecule is O=C(COc1ccc(Cl)cc1[N+](=O)[O-])Nc1cc([N+](=O)[O-])ccc1F. The van der Waals surface area contributed by atoms with Crippen molar-refractivity contribution in [1.29, 1.82) is 0 Å². The standard InChI is InChI=1S/C14H9ClFN3O6/c15-8-1-4-13(12(5-8)19(23)24)25-7-14(20)17-11-6-9(18(21)22)2-3-10(11)16/h1-6H,7H2,(H,17,20). The van der Waals surface area contributed by atoms with Crippen molar-refractivity contribution in [2.45, 2.75) is 0 Å². The van der Waals surface area contributed by atoms with E-state index in [1.165, 1.54) is 12.1 Å². The van der Waals surface area contributed by atoms with Gasteiger partial charge in [0, 0.05) is 23.2 Å². The fourth-order valence-corrected chi connectivity index (χ4v) is 1.97. The number of non-ortho nitro benzene ring substituents is 1. The summed E-state index contributed by atoms with van der Waals surface area (Å²) in [4.78, 5) is 31.9. The summed E-state index contributed by atoms with van der Waals surface area (Å²) in [7, 11) is 0. The molecule has 0 aliphatic rings. The third-order valence-corrected chi connectivity index (χ3v) is 3.15. The Morgan fingerprint density at radius 2 is 1.88 bits per heavy atom. The second kappa shape index (κ2) is 7.53. The van der Waals surface area contributed by atoms with Gasteiger partial charge >= 0.3 is 5.69 Å². The fraction of sp³-hybridized carbons (Fsp3) is 0.0714. The average molecular weight is 370 g/mol. The maximum Gasteiger partial charge on any atom is 0.312 e. The van der Waals surface area contributed by atoms with Gasteiger partial charge < -0.3 is 10.1 Å². The molecule has 0 bridgehead atoms. The molecule has 0 saturated carbocycles. The molecule has 2 rings (SSSR count). The number of halogens is 2. The van der Waals surface area contributed by atoms with Gasteiger partial charge in [0.2, 0.25) is 0 Å². The molecular weight excluding hydrogens is 361 g/mol. The van der Waals surface area contributed by atoms with E-state index in [4.69, 9.17) is 16.3 Å². The highest BCUT2D eigenvalue weighted by atomic mass is 35.5. The molecule has 0 aliphatic carbocycles. The van der Waals surface area contributed by atoms with E-state index >= 15 is 0 Å². The van der Waals surface area contributed by atoms with Crippen LogP contribution in [-0.4, -0.2) is 22.4 Å². The minimum atomic E-state index is -0.878. The highest BCUT2D eigenvalue weighted by Crippen LogP contribution is 2.30. The quantitative estimate of drug-likeness (QED) is 0.615. The topological polar surface area (TPSA) is 125 Å². The van der Waals surface area contributed by atoms with E-state index in [1.54, 1.807) is 0 Å². The zero-order chi connectivity index (χ0) is 18.6. The number of nitrogens with one attached hydrogen (secondary N) is 1. The molecule has 11 heteroatoms. The van der Waals surface area contributed by atoms with Crippen LogP contribution in [0, 0.1) is 26.0 Å². The first-order chi connectivity index (χ1) is 11.8. The molecule has 0 unspecified atom stereocenters. The van der Waals surface area contributed by atoms with E-state index in [1.807, 2.05) is 0 Å². The van der Waals surface area contributed by atoms with Gasteiger partial charge in [-0.1, -0.05) is 11.6 Å². The number of anilines is 1. The molecule has 0 fully saturated rings. The molecule has 9 nitrogen and oxygen atoms in total. The highest BCUT2D eigenvalue weighted by molar-refractivity contribution is 6.30. The molecular formula is C14H9ClFN3O6. The van der Waals surface area contributed by atoms with Crippen LogP contribution in [0.2, 0.25) is 5.02 Å². The van der Waals surface area contributed by atoms with Gasteiger partial charge in [-0.15, -0.1) is 0 Å². The lowest BCUT2D eigenvalue weighted by Crippen LogP contribution is -2.21. The maximum atomic E-state index is 13.6. The summed E-state index contributed by atoms with van der Waals surface area (Å²) in [5.74, 6) is -1.94. The van der Waals surface area contributed by atoms with Crippen molar-refractivity contribution in [1.82, 2.24) is 0 Å². The molecule has 0 aromatic heterocycles. The van der Waals surface area contributed by atoms with E-state index in [-0.39, 0.29) is 10.8 Å². The maximum absolute atomic E-state index is 13.6. The van der Waals surface area contributed by atoms with Crippen LogP contribution in [-0.2, 0) is 4.79 Å². The van der Waals surface area contributed by atoms with Gasteiger partial charge in [-0.3, -0.25) is 25.0 Å². The number of benzene rings is 2. The van der Waals surface area contributed by atoms with Crippen LogP contribution in [0.3, 0.4) is 0 Å². The number of carbonyl (C=O) groups excluding carboxylic acids is 1. The monoisotopic (exact) mass is 369 g/mol. The molecule has 1 N–H and O–H groups in total. The van der Waals surface area contributed by atoms with Crippen molar-refractivity contribution in [2.75, 3.05) is 11.9 Å². The summed E-state index contributed by atoms with van der Waals surface area (Å²) in [6.07, 6.45) is 0. The predicted octanol–water partition coefficient (Wildman–Crippen LogP) is 3.31. The Morgan fingerprint density at radius 3 is 2.52 bits per heavy atom. The molecule has 0 spiro atoms. The Labute approximate surface area is 144 Å². The zero-order valence-corrected chi connectivity index (χ0v) is 13.0. The van der Waals surface area contributed by atoms with Crippen LogP contribution < -0.4 is 10.1 Å². The van der Waals surface area contributed by atoms with Gasteiger partial charge in [0.05, 0.1) is 15.5 Å². The third kappa shape index (κ3) is 4.61. The van der Waals surface area contributed by atoms with Gasteiger partial charge in [0.1, 0.15) is 5.82 Å². The Bertz CT molecular complexity index is 860. The Hall–Kier alpha value is -3.27. The van der Waals surface area contributed by atoms with Crippen LogP contribution in [0.1, 0.15) is 0 Å². The molecule has 1 amide bonds. The smallest absolute Gasteiger partial charge is 0.312 e. The predicted molar refractivity (Wildman–Crippen MR) is 85.3 cm³/mol. The highest BCUT2D eigenvalue weighted by Gasteiger charge is 2.18. The van der Waals surface area contributed by atoms with E-state index in [9.17, 15) is 29.4 Å². The van der Waals surface area contributed by atoms with Crippen molar-refractivity contribution < 1.29 is 23.8 Å². The second-order valence-corrected chi connectivity index (χ2v) is 5.06. The summed E-state index contributed by atoms with van der Waals surface area (Å²) in [6.45, 7) is -0.676. The molecule has 0 radical (unpaired) electrons. The first-order valence-corrected chi connectivity index (χ1v) is 6.96. The summed E-state index contributed by atoms with van der Waals surface area (Å²) < 4.78 is 18.6. The van der Waals surface area contributed by atoms with E-state index in [2.05, 4.69) is 5.32 Å². The number of ether oxygens (including phenoxy) is 1. The molecule has 25 heavy (non-hydrogen) atoms. The third-order valence-electron chi connectivity index (χ3n) is 2.91. The average Bonchev–Trinajstić information content (AvgIpc) is 2.55. The van der Waals surface area contributed by atoms with Crippen LogP contribution in [0.15, 0.2) is 36.4 Å². The van der Waals surface area contributed by atoms with Crippen LogP contribution >= 0.6 is 11.6 Å². The van der Waals surface area contributed by atoms with Crippen LogP contribution in [0.25, 0.3) is 0 Å². The fourth-order valence-electron chi connectivity index (χ4n) is 1.81. The summed E-state index contributed by atoms with van der Waals surface area (Å²) in [5, 5.41) is 23.8. The lowest BCUT2D eigenvalue weighted by Gasteiger charge is -2.08. The molecule has 2 aromatic rings. The van der Waals surface area contributed by atoms with Crippen LogP contribution in [0.4, 0.5) is 21.5 Å². The number of amides is 1. The number of rotatable bonds is 6. The van der Waals surface area contributed by atoms with E-state index < -0.39 is 45.2 Å². The van der Waals surface area contributed by atoms with Gasteiger partial charge in [0.25, 0.3) is 11.6 Å². The zero-order valence-electron chi connectivity index (χ0n) is 12.3. The Morgan fingerprint density at radius 1 is 1.16 bits per heavy atom. The first-order valence-electron chi connectivity index (χ1n) is 6.58. The number of nitro benzene ring substituents is 2. The minimum absolute atomic E-state index is 0.113. The van der Waals surface area contributed by atoms with Crippen molar-refractivity contribution in [3.8, 4) is 5.75 Å². The van der Waals surface area contributed by atoms with Gasteiger partial charge in [-0.05, 0) is 18.2 Å². The summed E-state index contributed by atoms with van der Waals surface area (Å²) in [5.41, 5.74) is -1.26. The summed E-state index contributed by atoms with van der Waals surface area (Å²) in [6, 6.07) is 6.22. The van der Waals surface area contributed by atoms with Crippen LogP contribution in [0.5, 0.6) is 5.75 Å². The van der Waals surface area contributed by atoms with Gasteiger partial charge in [0.15, 0.2) is 12.4 Å². The number of nitrogens with zero attached hydrogens (tertiary/aromatic N) is 2. The normalized spacial score (nSPS) is 10.2. The molecule has 0 heterocycles. The number of carbonyl (C=O) groups is 1. The van der Waals surface area contributed by atoms with E-state index in [0.29, 0.717) is 0 Å². The lowest BCUT2D eigenvalue weighted by atomic mass is 10.2. The van der Waals surface area contributed by atoms with Crippen molar-refractivity contribution in [3.63, 3.8) is 0 Å². The molecule has 0 saturated heterocycles. The molecule has 0 aliphatic heterocycles. The second-order valence-electron chi connectivity index (χ2n) is 4.63.